The van der Waals surface area contributed by atoms with E-state index in [1.165, 1.54) is 6.07 Å². The second kappa shape index (κ2) is 5.59. The molecule has 96 valence electrons. The number of nitrogens with zero attached hydrogens (tertiary/aromatic N) is 1. The summed E-state index contributed by atoms with van der Waals surface area (Å²) in [6, 6.07) is 6.71. The molecule has 0 saturated heterocycles. The molecule has 2 N–H and O–H groups in total. The molecule has 1 atom stereocenters. The van der Waals surface area contributed by atoms with Crippen LogP contribution in [0.5, 0.6) is 0 Å². The van der Waals surface area contributed by atoms with Crippen LogP contribution < -0.4 is 5.73 Å². The minimum absolute atomic E-state index is 0.233. The van der Waals surface area contributed by atoms with Gasteiger partial charge in [-0.05, 0) is 18.1 Å². The third-order valence-electron chi connectivity index (χ3n) is 3.05. The van der Waals surface area contributed by atoms with E-state index in [9.17, 15) is 4.39 Å². The molecular formula is C14H17FN2S. The molecule has 0 bridgehead atoms. The highest BCUT2D eigenvalue weighted by Crippen LogP contribution is 2.30. The highest BCUT2D eigenvalue weighted by atomic mass is 32.1. The molecule has 0 radical (unpaired) electrons. The molecule has 4 heteroatoms. The van der Waals surface area contributed by atoms with E-state index in [1.54, 1.807) is 23.5 Å². The van der Waals surface area contributed by atoms with E-state index >= 15 is 0 Å². The van der Waals surface area contributed by atoms with Gasteiger partial charge >= 0.3 is 0 Å². The minimum Gasteiger partial charge on any atom is -0.330 e. The van der Waals surface area contributed by atoms with Gasteiger partial charge in [0.05, 0.1) is 10.7 Å². The lowest BCUT2D eigenvalue weighted by atomic mass is 9.97. The summed E-state index contributed by atoms with van der Waals surface area (Å²) in [6.07, 6.45) is 0. The largest absolute Gasteiger partial charge is 0.330 e. The van der Waals surface area contributed by atoms with Crippen molar-refractivity contribution in [2.45, 2.75) is 19.8 Å². The first-order chi connectivity index (χ1) is 8.63. The van der Waals surface area contributed by atoms with Crippen molar-refractivity contribution in [3.63, 3.8) is 0 Å². The fourth-order valence-electron chi connectivity index (χ4n) is 1.91. The van der Waals surface area contributed by atoms with Crippen LogP contribution in [0.4, 0.5) is 4.39 Å². The van der Waals surface area contributed by atoms with Crippen molar-refractivity contribution in [2.75, 3.05) is 6.54 Å². The van der Waals surface area contributed by atoms with Gasteiger partial charge in [-0.2, -0.15) is 0 Å². The van der Waals surface area contributed by atoms with Crippen LogP contribution in [-0.2, 0) is 0 Å². The Labute approximate surface area is 111 Å². The van der Waals surface area contributed by atoms with Crippen LogP contribution in [0.3, 0.4) is 0 Å². The van der Waals surface area contributed by atoms with Crippen LogP contribution in [-0.4, -0.2) is 11.5 Å². The van der Waals surface area contributed by atoms with E-state index in [0.717, 1.165) is 5.01 Å². The predicted molar refractivity (Wildman–Crippen MR) is 74.1 cm³/mol. The van der Waals surface area contributed by atoms with Gasteiger partial charge in [-0.15, -0.1) is 11.3 Å². The van der Waals surface area contributed by atoms with E-state index in [4.69, 9.17) is 5.73 Å². The van der Waals surface area contributed by atoms with E-state index in [2.05, 4.69) is 18.8 Å². The maximum atomic E-state index is 13.7. The van der Waals surface area contributed by atoms with Crippen molar-refractivity contribution >= 4 is 11.3 Å². The lowest BCUT2D eigenvalue weighted by molar-refractivity contribution is 0.504. The highest BCUT2D eigenvalue weighted by molar-refractivity contribution is 7.10. The van der Waals surface area contributed by atoms with Crippen molar-refractivity contribution in [3.05, 3.63) is 40.5 Å². The first-order valence-corrected chi connectivity index (χ1v) is 6.91. The van der Waals surface area contributed by atoms with Gasteiger partial charge in [0, 0.05) is 23.4 Å². The zero-order valence-corrected chi connectivity index (χ0v) is 11.4. The number of rotatable bonds is 4. The Morgan fingerprint density at radius 1 is 1.33 bits per heavy atom. The molecule has 0 fully saturated rings. The second-order valence-electron chi connectivity index (χ2n) is 4.64. The van der Waals surface area contributed by atoms with Crippen LogP contribution in [0.15, 0.2) is 29.6 Å². The maximum Gasteiger partial charge on any atom is 0.132 e. The van der Waals surface area contributed by atoms with Gasteiger partial charge in [0.15, 0.2) is 0 Å². The van der Waals surface area contributed by atoms with E-state index in [-0.39, 0.29) is 11.7 Å². The first kappa shape index (κ1) is 13.2. The standard InChI is InChI=1S/C14H17FN2S/c1-9(2)11(7-16)14-17-13(8-18-14)10-5-3-4-6-12(10)15/h3-6,8-9,11H,7,16H2,1-2H3. The lowest BCUT2D eigenvalue weighted by Gasteiger charge is -2.15. The number of halogens is 1. The third kappa shape index (κ3) is 2.60. The Morgan fingerprint density at radius 3 is 2.67 bits per heavy atom. The number of hydrogen-bond donors (Lipinski definition) is 1. The van der Waals surface area contributed by atoms with Crippen LogP contribution >= 0.6 is 11.3 Å². The van der Waals surface area contributed by atoms with Crippen LogP contribution in [0, 0.1) is 11.7 Å². The zero-order valence-electron chi connectivity index (χ0n) is 10.6. The third-order valence-corrected chi connectivity index (χ3v) is 4.02. The first-order valence-electron chi connectivity index (χ1n) is 6.04. The lowest BCUT2D eigenvalue weighted by Crippen LogP contribution is -2.17. The molecule has 0 spiro atoms. The molecule has 0 aliphatic carbocycles. The molecule has 1 aromatic carbocycles. The Balaban J connectivity index is 2.34. The topological polar surface area (TPSA) is 38.9 Å². The fourth-order valence-corrected chi connectivity index (χ4v) is 3.01. The van der Waals surface area contributed by atoms with Gasteiger partial charge in [-0.1, -0.05) is 26.0 Å². The molecule has 0 saturated carbocycles. The highest BCUT2D eigenvalue weighted by Gasteiger charge is 2.18. The smallest absolute Gasteiger partial charge is 0.132 e. The molecule has 1 unspecified atom stereocenters. The monoisotopic (exact) mass is 264 g/mol. The SMILES string of the molecule is CC(C)C(CN)c1nc(-c2ccccc2F)cs1. The number of thiazole rings is 1. The van der Waals surface area contributed by atoms with Gasteiger partial charge in [0.2, 0.25) is 0 Å². The quantitative estimate of drug-likeness (QED) is 0.915. The summed E-state index contributed by atoms with van der Waals surface area (Å²) in [6.45, 7) is 4.82. The Kier molecular flexibility index (Phi) is 4.09. The molecule has 2 aromatic rings. The Morgan fingerprint density at radius 2 is 2.06 bits per heavy atom. The van der Waals surface area contributed by atoms with E-state index < -0.39 is 0 Å². The van der Waals surface area contributed by atoms with Crippen LogP contribution in [0.1, 0.15) is 24.8 Å². The normalized spacial score (nSPS) is 12.9. The molecule has 0 aliphatic rings. The summed E-state index contributed by atoms with van der Waals surface area (Å²) in [5, 5.41) is 2.89. The van der Waals surface area contributed by atoms with E-state index in [0.29, 0.717) is 23.7 Å². The Hall–Kier alpha value is -1.26. The van der Waals surface area contributed by atoms with Gasteiger partial charge in [-0.25, -0.2) is 9.37 Å². The van der Waals surface area contributed by atoms with Crippen molar-refractivity contribution < 1.29 is 4.39 Å². The molecule has 1 heterocycles. The molecule has 2 rings (SSSR count). The summed E-state index contributed by atoms with van der Waals surface area (Å²) in [5.41, 5.74) is 7.03. The van der Waals surface area contributed by atoms with Gasteiger partial charge in [0.1, 0.15) is 5.82 Å². The second-order valence-corrected chi connectivity index (χ2v) is 5.53. The number of hydrogen-bond acceptors (Lipinski definition) is 3. The fraction of sp³-hybridized carbons (Fsp3) is 0.357. The molecule has 0 aliphatic heterocycles. The number of aromatic nitrogens is 1. The zero-order chi connectivity index (χ0) is 13.1. The molecular weight excluding hydrogens is 247 g/mol. The van der Waals surface area contributed by atoms with Crippen molar-refractivity contribution in [3.8, 4) is 11.3 Å². The predicted octanol–water partition coefficient (Wildman–Crippen LogP) is 3.65. The molecule has 1 aromatic heterocycles. The van der Waals surface area contributed by atoms with Gasteiger partial charge < -0.3 is 5.73 Å². The van der Waals surface area contributed by atoms with Gasteiger partial charge in [0.25, 0.3) is 0 Å². The minimum atomic E-state index is -0.233. The van der Waals surface area contributed by atoms with Crippen molar-refractivity contribution in [2.24, 2.45) is 11.7 Å². The number of benzene rings is 1. The van der Waals surface area contributed by atoms with Crippen molar-refractivity contribution in [1.82, 2.24) is 4.98 Å². The average molecular weight is 264 g/mol. The number of nitrogens with two attached hydrogens (primary N) is 1. The van der Waals surface area contributed by atoms with Crippen LogP contribution in [0.2, 0.25) is 0 Å². The summed E-state index contributed by atoms with van der Waals surface area (Å²) in [5.74, 6) is 0.452. The molecule has 0 amide bonds. The summed E-state index contributed by atoms with van der Waals surface area (Å²) < 4.78 is 13.7. The molecule has 18 heavy (non-hydrogen) atoms. The summed E-state index contributed by atoms with van der Waals surface area (Å²) in [4.78, 5) is 4.53. The van der Waals surface area contributed by atoms with Crippen LogP contribution in [0.25, 0.3) is 11.3 Å². The van der Waals surface area contributed by atoms with E-state index in [1.807, 2.05) is 11.4 Å². The average Bonchev–Trinajstić information content (AvgIpc) is 2.79. The summed E-state index contributed by atoms with van der Waals surface area (Å²) >= 11 is 1.56. The Bertz CT molecular complexity index is 522. The maximum absolute atomic E-state index is 13.7. The van der Waals surface area contributed by atoms with Crippen molar-refractivity contribution in [1.29, 1.82) is 0 Å². The van der Waals surface area contributed by atoms with Gasteiger partial charge in [-0.3, -0.25) is 0 Å². The molecule has 2 nitrogen and oxygen atoms in total. The summed E-state index contributed by atoms with van der Waals surface area (Å²) in [7, 11) is 0.